The average Bonchev–Trinajstić information content (AvgIpc) is 2.46. The van der Waals surface area contributed by atoms with E-state index in [1.54, 1.807) is 24.4 Å². The molecule has 1 aromatic heterocycles. The number of pyridine rings is 1. The van der Waals surface area contributed by atoms with Gasteiger partial charge in [-0.05, 0) is 31.4 Å². The summed E-state index contributed by atoms with van der Waals surface area (Å²) < 4.78 is 27.8. The summed E-state index contributed by atoms with van der Waals surface area (Å²) in [4.78, 5) is 15.2. The van der Waals surface area contributed by atoms with E-state index in [1.807, 2.05) is 0 Å². The maximum Gasteiger partial charge on any atom is 0.322 e. The van der Waals surface area contributed by atoms with Crippen LogP contribution in [0.1, 0.15) is 25.0 Å². The third-order valence-electron chi connectivity index (χ3n) is 3.21. The van der Waals surface area contributed by atoms with Crippen LogP contribution >= 0.6 is 0 Å². The molecule has 1 aliphatic heterocycles. The molecule has 2 heterocycles. The lowest BCUT2D eigenvalue weighted by Gasteiger charge is -2.31. The molecule has 0 amide bonds. The first-order chi connectivity index (χ1) is 9.50. The molecule has 0 saturated carbocycles. The molecule has 1 aliphatic rings. The molecule has 0 spiro atoms. The van der Waals surface area contributed by atoms with Crippen molar-refractivity contribution in [3.05, 3.63) is 30.1 Å². The van der Waals surface area contributed by atoms with Crippen molar-refractivity contribution in [1.29, 1.82) is 0 Å². The lowest BCUT2D eigenvalue weighted by molar-refractivity contribution is -0.142. The van der Waals surface area contributed by atoms with Crippen molar-refractivity contribution >= 4 is 16.2 Å². The zero-order chi connectivity index (χ0) is 14.6. The standard InChI is InChI=1S/C12H17N3O4S/c16-12(17)11-6-2-4-8-15(11)20(18,19)14-9-10-5-1-3-7-13-10/h1,3,5,7,11,14H,2,4,6,8-9H2,(H,16,17). The van der Waals surface area contributed by atoms with Gasteiger partial charge in [0, 0.05) is 12.7 Å². The molecule has 1 atom stereocenters. The van der Waals surface area contributed by atoms with Crippen LogP contribution in [0.2, 0.25) is 0 Å². The van der Waals surface area contributed by atoms with Gasteiger partial charge in [-0.3, -0.25) is 9.78 Å². The SMILES string of the molecule is O=C(O)C1CCCCN1S(=O)(=O)NCc1ccccn1. The Kier molecular flexibility index (Phi) is 4.69. The Morgan fingerprint density at radius 1 is 1.45 bits per heavy atom. The van der Waals surface area contributed by atoms with Crippen LogP contribution in [0.3, 0.4) is 0 Å². The number of carboxylic acid groups (broad SMARTS) is 1. The summed E-state index contributed by atoms with van der Waals surface area (Å²) in [5.41, 5.74) is 0.583. The highest BCUT2D eigenvalue weighted by atomic mass is 32.2. The maximum absolute atomic E-state index is 12.2. The van der Waals surface area contributed by atoms with Crippen LogP contribution in [-0.4, -0.2) is 41.4 Å². The number of rotatable bonds is 5. The Bertz CT molecular complexity index is 561. The van der Waals surface area contributed by atoms with Gasteiger partial charge in [0.2, 0.25) is 0 Å². The minimum Gasteiger partial charge on any atom is -0.480 e. The van der Waals surface area contributed by atoms with Crippen LogP contribution in [-0.2, 0) is 21.5 Å². The number of hydrogen-bond acceptors (Lipinski definition) is 4. The topological polar surface area (TPSA) is 99.6 Å². The van der Waals surface area contributed by atoms with Crippen molar-refractivity contribution in [2.45, 2.75) is 31.8 Å². The lowest BCUT2D eigenvalue weighted by atomic mass is 10.1. The predicted octanol–water partition coefficient (Wildman–Crippen LogP) is 0.355. The van der Waals surface area contributed by atoms with Crippen molar-refractivity contribution in [2.24, 2.45) is 0 Å². The fraction of sp³-hybridized carbons (Fsp3) is 0.500. The minimum atomic E-state index is -3.81. The predicted molar refractivity (Wildman–Crippen MR) is 72.0 cm³/mol. The summed E-state index contributed by atoms with van der Waals surface area (Å²) in [6, 6.07) is 4.22. The summed E-state index contributed by atoms with van der Waals surface area (Å²) >= 11 is 0. The number of carboxylic acids is 1. The first kappa shape index (κ1) is 14.9. The number of carbonyl (C=O) groups is 1. The summed E-state index contributed by atoms with van der Waals surface area (Å²) in [6.45, 7) is 0.278. The molecule has 2 rings (SSSR count). The summed E-state index contributed by atoms with van der Waals surface area (Å²) in [6.07, 6.45) is 3.32. The molecule has 0 aromatic carbocycles. The van der Waals surface area contributed by atoms with E-state index in [2.05, 4.69) is 9.71 Å². The second-order valence-electron chi connectivity index (χ2n) is 4.61. The van der Waals surface area contributed by atoms with E-state index in [9.17, 15) is 13.2 Å². The van der Waals surface area contributed by atoms with Gasteiger partial charge in [0.25, 0.3) is 10.2 Å². The van der Waals surface area contributed by atoms with Gasteiger partial charge in [-0.2, -0.15) is 17.4 Å². The smallest absolute Gasteiger partial charge is 0.322 e. The molecule has 2 N–H and O–H groups in total. The second-order valence-corrected chi connectivity index (χ2v) is 6.32. The highest BCUT2D eigenvalue weighted by molar-refractivity contribution is 7.87. The zero-order valence-electron chi connectivity index (χ0n) is 10.9. The van der Waals surface area contributed by atoms with Gasteiger partial charge in [-0.1, -0.05) is 6.07 Å². The van der Waals surface area contributed by atoms with Gasteiger partial charge in [-0.15, -0.1) is 0 Å². The van der Waals surface area contributed by atoms with Crippen molar-refractivity contribution in [1.82, 2.24) is 14.0 Å². The third kappa shape index (κ3) is 3.53. The molecule has 7 nitrogen and oxygen atoms in total. The first-order valence-corrected chi connectivity index (χ1v) is 7.84. The van der Waals surface area contributed by atoms with E-state index in [1.165, 1.54) is 0 Å². The Balaban J connectivity index is 2.06. The molecule has 0 radical (unpaired) electrons. The Hall–Kier alpha value is -1.51. The number of aliphatic carboxylic acids is 1. The quantitative estimate of drug-likeness (QED) is 0.817. The number of aromatic nitrogens is 1. The van der Waals surface area contributed by atoms with E-state index in [4.69, 9.17) is 5.11 Å². The third-order valence-corrected chi connectivity index (χ3v) is 4.77. The largest absolute Gasteiger partial charge is 0.480 e. The van der Waals surface area contributed by atoms with E-state index in [0.29, 0.717) is 18.5 Å². The van der Waals surface area contributed by atoms with Gasteiger partial charge in [-0.25, -0.2) is 0 Å². The number of nitrogens with zero attached hydrogens (tertiary/aromatic N) is 2. The monoisotopic (exact) mass is 299 g/mol. The van der Waals surface area contributed by atoms with Gasteiger partial charge >= 0.3 is 5.97 Å². The highest BCUT2D eigenvalue weighted by Crippen LogP contribution is 2.20. The molecule has 1 aromatic rings. The number of piperidine rings is 1. The minimum absolute atomic E-state index is 0.0476. The van der Waals surface area contributed by atoms with Crippen LogP contribution in [0.25, 0.3) is 0 Å². The molecule has 0 aliphatic carbocycles. The van der Waals surface area contributed by atoms with Gasteiger partial charge < -0.3 is 5.11 Å². The number of nitrogens with one attached hydrogen (secondary N) is 1. The molecule has 1 fully saturated rings. The molecule has 20 heavy (non-hydrogen) atoms. The molecule has 8 heteroatoms. The Labute approximate surface area is 117 Å². The second kappa shape index (κ2) is 6.29. The Morgan fingerprint density at radius 2 is 2.25 bits per heavy atom. The van der Waals surface area contributed by atoms with Crippen molar-refractivity contribution in [2.75, 3.05) is 6.54 Å². The normalized spacial score (nSPS) is 20.7. The van der Waals surface area contributed by atoms with Gasteiger partial charge in [0.15, 0.2) is 0 Å². The van der Waals surface area contributed by atoms with Crippen LogP contribution in [0, 0.1) is 0 Å². The van der Waals surface area contributed by atoms with Gasteiger partial charge in [0.05, 0.1) is 12.2 Å². The zero-order valence-corrected chi connectivity index (χ0v) is 11.7. The molecule has 1 saturated heterocycles. The van der Waals surface area contributed by atoms with E-state index in [0.717, 1.165) is 10.7 Å². The van der Waals surface area contributed by atoms with E-state index < -0.39 is 22.2 Å². The fourth-order valence-corrected chi connectivity index (χ4v) is 3.59. The van der Waals surface area contributed by atoms with Crippen LogP contribution in [0.15, 0.2) is 24.4 Å². The molecular weight excluding hydrogens is 282 g/mol. The summed E-state index contributed by atoms with van der Waals surface area (Å²) in [7, 11) is -3.81. The number of hydrogen-bond donors (Lipinski definition) is 2. The van der Waals surface area contributed by atoms with Crippen LogP contribution in [0.5, 0.6) is 0 Å². The molecule has 1 unspecified atom stereocenters. The maximum atomic E-state index is 12.2. The van der Waals surface area contributed by atoms with Crippen LogP contribution < -0.4 is 4.72 Å². The van der Waals surface area contributed by atoms with Crippen molar-refractivity contribution < 1.29 is 18.3 Å². The summed E-state index contributed by atoms with van der Waals surface area (Å²) in [5.74, 6) is -1.10. The first-order valence-electron chi connectivity index (χ1n) is 6.40. The molecule has 110 valence electrons. The lowest BCUT2D eigenvalue weighted by Crippen LogP contribution is -2.51. The average molecular weight is 299 g/mol. The van der Waals surface area contributed by atoms with Crippen LogP contribution in [0.4, 0.5) is 0 Å². The Morgan fingerprint density at radius 3 is 2.90 bits per heavy atom. The molecular formula is C12H17N3O4S. The van der Waals surface area contributed by atoms with Crippen molar-refractivity contribution in [3.63, 3.8) is 0 Å². The fourth-order valence-electron chi connectivity index (χ4n) is 2.19. The highest BCUT2D eigenvalue weighted by Gasteiger charge is 2.36. The van der Waals surface area contributed by atoms with E-state index in [-0.39, 0.29) is 13.1 Å². The van der Waals surface area contributed by atoms with E-state index >= 15 is 0 Å². The summed E-state index contributed by atoms with van der Waals surface area (Å²) in [5, 5.41) is 9.11. The van der Waals surface area contributed by atoms with Crippen molar-refractivity contribution in [3.8, 4) is 0 Å². The van der Waals surface area contributed by atoms with Gasteiger partial charge in [0.1, 0.15) is 6.04 Å². The molecule has 0 bridgehead atoms.